The van der Waals surface area contributed by atoms with Crippen LogP contribution in [0.25, 0.3) is 5.69 Å². The van der Waals surface area contributed by atoms with E-state index in [1.807, 2.05) is 0 Å². The van der Waals surface area contributed by atoms with Gasteiger partial charge in [0.15, 0.2) is 6.61 Å². The third-order valence-electron chi connectivity index (χ3n) is 5.03. The number of nitrogens with two attached hydrogens (primary N) is 1. The Morgan fingerprint density at radius 1 is 1.16 bits per heavy atom. The van der Waals surface area contributed by atoms with Gasteiger partial charge in [0.25, 0.3) is 5.91 Å². The van der Waals surface area contributed by atoms with E-state index in [1.165, 1.54) is 30.5 Å². The molecule has 4 N–H and O–H groups in total. The maximum atomic E-state index is 13.4. The quantitative estimate of drug-likeness (QED) is 0.562. The number of carbonyl (C=O) groups excluding carboxylic acids is 2. The van der Waals surface area contributed by atoms with Crippen molar-refractivity contribution in [3.8, 4) is 11.4 Å². The average Bonchev–Trinajstić information content (AvgIpc) is 3.12. The number of fused-ring (bicyclic) bond motifs is 1. The number of ether oxygens (including phenoxy) is 1. The molecular weight excluding hydrogens is 405 g/mol. The predicted octanol–water partition coefficient (Wildman–Crippen LogP) is 2.65. The van der Waals surface area contributed by atoms with Gasteiger partial charge in [-0.15, -0.1) is 0 Å². The maximum absolute atomic E-state index is 13.4. The van der Waals surface area contributed by atoms with Crippen molar-refractivity contribution in [2.45, 2.75) is 12.3 Å². The summed E-state index contributed by atoms with van der Waals surface area (Å²) >= 11 is 0. The molecule has 3 aromatic rings. The number of halogens is 1. The molecule has 2 aromatic carbocycles. The smallest absolute Gasteiger partial charge is 0.339 e. The second-order valence-corrected chi connectivity index (χ2v) is 7.08. The molecular formula is C22H18FN3O5. The Bertz CT molecular complexity index is 1170. The zero-order valence-electron chi connectivity index (χ0n) is 16.2. The van der Waals surface area contributed by atoms with Crippen LogP contribution in [0.5, 0.6) is 5.75 Å². The SMILES string of the molecule is NC(=O)COc1ccc([C@H]2CC(=O)Nc3c(C(=O)O)cn(-c4ccc(F)cc4)c32)cc1. The number of primary amides is 1. The number of anilines is 1. The van der Waals surface area contributed by atoms with Crippen molar-refractivity contribution in [3.63, 3.8) is 0 Å². The Labute approximate surface area is 176 Å². The molecule has 2 heterocycles. The van der Waals surface area contributed by atoms with E-state index in [1.54, 1.807) is 28.8 Å². The molecule has 1 atom stereocenters. The monoisotopic (exact) mass is 423 g/mol. The summed E-state index contributed by atoms with van der Waals surface area (Å²) in [5.41, 5.74) is 7.13. The summed E-state index contributed by atoms with van der Waals surface area (Å²) < 4.78 is 20.3. The van der Waals surface area contributed by atoms with Crippen LogP contribution in [0.1, 0.15) is 34.0 Å². The van der Waals surface area contributed by atoms with E-state index in [2.05, 4.69) is 5.32 Å². The number of rotatable bonds is 6. The Hall–Kier alpha value is -4.14. The Kier molecular flexibility index (Phi) is 5.16. The number of hydrogen-bond donors (Lipinski definition) is 3. The zero-order valence-corrected chi connectivity index (χ0v) is 16.2. The van der Waals surface area contributed by atoms with Crippen molar-refractivity contribution in [3.05, 3.63) is 77.4 Å². The molecule has 0 saturated carbocycles. The Balaban J connectivity index is 1.80. The zero-order chi connectivity index (χ0) is 22.1. The van der Waals surface area contributed by atoms with E-state index in [0.29, 0.717) is 17.1 Å². The minimum atomic E-state index is -1.19. The maximum Gasteiger partial charge on any atom is 0.339 e. The van der Waals surface area contributed by atoms with Gasteiger partial charge >= 0.3 is 5.97 Å². The van der Waals surface area contributed by atoms with Crippen molar-refractivity contribution >= 4 is 23.5 Å². The van der Waals surface area contributed by atoms with Crippen LogP contribution in [0.3, 0.4) is 0 Å². The summed E-state index contributed by atoms with van der Waals surface area (Å²) in [6.07, 6.45) is 1.52. The van der Waals surface area contributed by atoms with Crippen LogP contribution >= 0.6 is 0 Å². The molecule has 0 bridgehead atoms. The molecule has 0 aliphatic carbocycles. The first kappa shape index (κ1) is 20.1. The van der Waals surface area contributed by atoms with Gasteiger partial charge in [0, 0.05) is 24.2 Å². The summed E-state index contributed by atoms with van der Waals surface area (Å²) in [5.74, 6) is -2.54. The summed E-state index contributed by atoms with van der Waals surface area (Å²) in [6.45, 7) is -0.259. The minimum Gasteiger partial charge on any atom is -0.484 e. The second-order valence-electron chi connectivity index (χ2n) is 7.08. The van der Waals surface area contributed by atoms with Crippen LogP contribution in [-0.4, -0.2) is 34.1 Å². The summed E-state index contributed by atoms with van der Waals surface area (Å²) in [7, 11) is 0. The third-order valence-corrected chi connectivity index (χ3v) is 5.03. The van der Waals surface area contributed by atoms with Gasteiger partial charge in [0.2, 0.25) is 5.91 Å². The third kappa shape index (κ3) is 3.97. The fourth-order valence-electron chi connectivity index (χ4n) is 3.67. The topological polar surface area (TPSA) is 124 Å². The number of benzene rings is 2. The van der Waals surface area contributed by atoms with Crippen LogP contribution in [0.2, 0.25) is 0 Å². The number of amides is 2. The van der Waals surface area contributed by atoms with E-state index >= 15 is 0 Å². The number of carboxylic acids is 1. The lowest BCUT2D eigenvalue weighted by Gasteiger charge is -2.26. The highest BCUT2D eigenvalue weighted by Crippen LogP contribution is 2.41. The normalized spacial score (nSPS) is 15.1. The first-order valence-electron chi connectivity index (χ1n) is 9.39. The van der Waals surface area contributed by atoms with Crippen LogP contribution in [-0.2, 0) is 9.59 Å². The van der Waals surface area contributed by atoms with Gasteiger partial charge in [-0.1, -0.05) is 12.1 Å². The van der Waals surface area contributed by atoms with Gasteiger partial charge in [-0.25, -0.2) is 9.18 Å². The van der Waals surface area contributed by atoms with E-state index in [9.17, 15) is 23.9 Å². The molecule has 0 saturated heterocycles. The number of carbonyl (C=O) groups is 3. The van der Waals surface area contributed by atoms with Gasteiger partial charge in [-0.05, 0) is 42.0 Å². The van der Waals surface area contributed by atoms with Gasteiger partial charge in [-0.2, -0.15) is 0 Å². The average molecular weight is 423 g/mol. The van der Waals surface area contributed by atoms with Crippen molar-refractivity contribution < 1.29 is 28.6 Å². The van der Waals surface area contributed by atoms with Crippen molar-refractivity contribution in [2.24, 2.45) is 5.73 Å². The number of nitrogens with one attached hydrogen (secondary N) is 1. The number of carboxylic acid groups (broad SMARTS) is 1. The van der Waals surface area contributed by atoms with Crippen LogP contribution in [0, 0.1) is 5.82 Å². The highest BCUT2D eigenvalue weighted by molar-refractivity contribution is 6.04. The fraction of sp³-hybridized carbons (Fsp3) is 0.136. The molecule has 31 heavy (non-hydrogen) atoms. The van der Waals surface area contributed by atoms with Crippen LogP contribution in [0.15, 0.2) is 54.7 Å². The van der Waals surface area contributed by atoms with E-state index < -0.39 is 23.6 Å². The lowest BCUT2D eigenvalue weighted by atomic mass is 9.88. The Morgan fingerprint density at radius 2 is 1.84 bits per heavy atom. The second kappa shape index (κ2) is 7.94. The molecule has 0 fully saturated rings. The molecule has 1 aliphatic heterocycles. The van der Waals surface area contributed by atoms with Gasteiger partial charge in [0.05, 0.1) is 11.4 Å². The first-order valence-corrected chi connectivity index (χ1v) is 9.39. The molecule has 1 aliphatic rings. The molecule has 8 nitrogen and oxygen atoms in total. The molecule has 158 valence electrons. The molecule has 9 heteroatoms. The molecule has 4 rings (SSSR count). The molecule has 0 radical (unpaired) electrons. The first-order chi connectivity index (χ1) is 14.8. The number of aromatic nitrogens is 1. The standard InChI is InChI=1S/C22H18FN3O5/c23-13-3-5-14(6-4-13)26-10-17(22(29)30)20-21(26)16(9-19(28)25-20)12-1-7-15(8-2-12)31-11-18(24)27/h1-8,10,16H,9,11H2,(H2,24,27)(H,25,28)(H,29,30)/t16-/m1/s1. The molecule has 0 unspecified atom stereocenters. The van der Waals surface area contributed by atoms with Crippen molar-refractivity contribution in [1.29, 1.82) is 0 Å². The number of nitrogens with zero attached hydrogens (tertiary/aromatic N) is 1. The summed E-state index contributed by atoms with van der Waals surface area (Å²) in [5, 5.41) is 12.3. The highest BCUT2D eigenvalue weighted by atomic mass is 19.1. The van der Waals surface area contributed by atoms with Crippen molar-refractivity contribution in [2.75, 3.05) is 11.9 Å². The fourth-order valence-corrected chi connectivity index (χ4v) is 3.67. The van der Waals surface area contributed by atoms with E-state index in [0.717, 1.165) is 5.56 Å². The number of hydrogen-bond acceptors (Lipinski definition) is 4. The lowest BCUT2D eigenvalue weighted by Crippen LogP contribution is -2.25. The molecule has 1 aromatic heterocycles. The minimum absolute atomic E-state index is 0.0567. The van der Waals surface area contributed by atoms with Crippen LogP contribution in [0.4, 0.5) is 10.1 Å². The molecule has 2 amide bonds. The molecule has 0 spiro atoms. The van der Waals surface area contributed by atoms with E-state index in [-0.39, 0.29) is 30.2 Å². The lowest BCUT2D eigenvalue weighted by molar-refractivity contribution is -0.120. The predicted molar refractivity (Wildman–Crippen MR) is 109 cm³/mol. The van der Waals surface area contributed by atoms with Gasteiger partial charge in [0.1, 0.15) is 17.1 Å². The van der Waals surface area contributed by atoms with Crippen molar-refractivity contribution in [1.82, 2.24) is 4.57 Å². The summed E-state index contributed by atoms with van der Waals surface area (Å²) in [4.78, 5) is 35.1. The largest absolute Gasteiger partial charge is 0.484 e. The highest BCUT2D eigenvalue weighted by Gasteiger charge is 2.34. The van der Waals surface area contributed by atoms with Gasteiger partial charge < -0.3 is 25.5 Å². The van der Waals surface area contributed by atoms with Gasteiger partial charge in [-0.3, -0.25) is 9.59 Å². The Morgan fingerprint density at radius 3 is 2.45 bits per heavy atom. The van der Waals surface area contributed by atoms with Crippen LogP contribution < -0.4 is 15.8 Å². The van der Waals surface area contributed by atoms with E-state index in [4.69, 9.17) is 10.5 Å². The number of aromatic carboxylic acids is 1. The summed E-state index contributed by atoms with van der Waals surface area (Å²) in [6, 6.07) is 12.4.